The second-order valence-electron chi connectivity index (χ2n) is 8.35. The zero-order valence-corrected chi connectivity index (χ0v) is 18.9. The lowest BCUT2D eigenvalue weighted by Crippen LogP contribution is -2.32. The van der Waals surface area contributed by atoms with Crippen LogP contribution in [0.2, 0.25) is 0 Å². The summed E-state index contributed by atoms with van der Waals surface area (Å²) in [6.45, 7) is 8.14. The van der Waals surface area contributed by atoms with Gasteiger partial charge in [0.1, 0.15) is 5.75 Å². The second kappa shape index (κ2) is 10.1. The molecule has 0 radical (unpaired) electrons. The number of aromatic nitrogens is 1. The number of ketones is 1. The molecule has 32 heavy (non-hydrogen) atoms. The Morgan fingerprint density at radius 2 is 1.75 bits per heavy atom. The van der Waals surface area contributed by atoms with E-state index in [4.69, 9.17) is 4.74 Å². The van der Waals surface area contributed by atoms with E-state index in [1.165, 1.54) is 0 Å². The first-order chi connectivity index (χ1) is 15.2. The van der Waals surface area contributed by atoms with Crippen molar-refractivity contribution in [1.82, 2.24) is 4.57 Å². The summed E-state index contributed by atoms with van der Waals surface area (Å²) in [5.41, 5.74) is 4.35. The van der Waals surface area contributed by atoms with Crippen molar-refractivity contribution >= 4 is 17.8 Å². The summed E-state index contributed by atoms with van der Waals surface area (Å²) in [5.74, 6) is -0.613. The van der Waals surface area contributed by atoms with Crippen molar-refractivity contribution in [3.63, 3.8) is 0 Å². The molecule has 0 fully saturated rings. The number of benzene rings is 2. The number of aliphatic carboxylic acids is 1. The average molecular weight is 432 g/mol. The van der Waals surface area contributed by atoms with Gasteiger partial charge in [-0.05, 0) is 43.2 Å². The van der Waals surface area contributed by atoms with Crippen LogP contribution in [-0.4, -0.2) is 27.5 Å². The molecule has 1 heterocycles. The number of carboxylic acids is 1. The SMILES string of the molecule is Cc1ccc(C(=O)c2cc(C)cn2C/C=C/c2cccc(O[C@H](C(=O)O)C(C)C)c2)cc1. The first-order valence-electron chi connectivity index (χ1n) is 10.7. The van der Waals surface area contributed by atoms with Gasteiger partial charge in [0, 0.05) is 24.2 Å². The highest BCUT2D eigenvalue weighted by atomic mass is 16.5. The number of carbonyl (C=O) groups excluding carboxylic acids is 1. The molecule has 0 bridgehead atoms. The molecule has 1 atom stereocenters. The van der Waals surface area contributed by atoms with Gasteiger partial charge in [0.15, 0.2) is 6.10 Å². The van der Waals surface area contributed by atoms with E-state index in [1.807, 2.05) is 99.1 Å². The van der Waals surface area contributed by atoms with E-state index in [9.17, 15) is 14.7 Å². The topological polar surface area (TPSA) is 68.5 Å². The first-order valence-corrected chi connectivity index (χ1v) is 10.7. The van der Waals surface area contributed by atoms with Gasteiger partial charge in [-0.1, -0.05) is 68.0 Å². The van der Waals surface area contributed by atoms with E-state index in [-0.39, 0.29) is 11.7 Å². The summed E-state index contributed by atoms with van der Waals surface area (Å²) in [7, 11) is 0. The molecule has 5 nitrogen and oxygen atoms in total. The van der Waals surface area contributed by atoms with Crippen LogP contribution in [0, 0.1) is 19.8 Å². The van der Waals surface area contributed by atoms with Gasteiger partial charge >= 0.3 is 5.97 Å². The molecule has 0 aliphatic carbocycles. The summed E-state index contributed by atoms with van der Waals surface area (Å²) in [6.07, 6.45) is 4.98. The molecule has 166 valence electrons. The fourth-order valence-electron chi connectivity index (χ4n) is 3.46. The summed E-state index contributed by atoms with van der Waals surface area (Å²) >= 11 is 0. The maximum Gasteiger partial charge on any atom is 0.345 e. The van der Waals surface area contributed by atoms with Gasteiger partial charge < -0.3 is 14.4 Å². The fourth-order valence-corrected chi connectivity index (χ4v) is 3.46. The summed E-state index contributed by atoms with van der Waals surface area (Å²) < 4.78 is 7.61. The van der Waals surface area contributed by atoms with E-state index < -0.39 is 12.1 Å². The number of hydrogen-bond acceptors (Lipinski definition) is 3. The molecule has 0 saturated heterocycles. The van der Waals surface area contributed by atoms with Gasteiger partial charge in [-0.3, -0.25) is 4.79 Å². The number of nitrogens with zero attached hydrogens (tertiary/aromatic N) is 1. The number of hydrogen-bond donors (Lipinski definition) is 1. The van der Waals surface area contributed by atoms with Crippen molar-refractivity contribution in [3.05, 3.63) is 94.8 Å². The van der Waals surface area contributed by atoms with Gasteiger partial charge in [0.25, 0.3) is 0 Å². The number of carboxylic acid groups (broad SMARTS) is 1. The van der Waals surface area contributed by atoms with Crippen LogP contribution in [-0.2, 0) is 11.3 Å². The van der Waals surface area contributed by atoms with Crippen LogP contribution in [0.25, 0.3) is 6.08 Å². The quantitative estimate of drug-likeness (QED) is 0.452. The molecule has 0 saturated carbocycles. The highest BCUT2D eigenvalue weighted by Crippen LogP contribution is 2.20. The molecule has 0 aliphatic heterocycles. The number of allylic oxidation sites excluding steroid dienone is 1. The minimum atomic E-state index is -0.977. The minimum absolute atomic E-state index is 0.00436. The zero-order chi connectivity index (χ0) is 23.3. The summed E-state index contributed by atoms with van der Waals surface area (Å²) in [6, 6.07) is 16.8. The molecule has 3 aromatic rings. The molecule has 2 aromatic carbocycles. The van der Waals surface area contributed by atoms with Crippen molar-refractivity contribution in [3.8, 4) is 5.75 Å². The Labute approximate surface area is 189 Å². The summed E-state index contributed by atoms with van der Waals surface area (Å²) in [5, 5.41) is 9.34. The van der Waals surface area contributed by atoms with E-state index in [0.29, 0.717) is 23.6 Å². The van der Waals surface area contributed by atoms with Crippen LogP contribution in [0.4, 0.5) is 0 Å². The van der Waals surface area contributed by atoms with Gasteiger partial charge in [0.05, 0.1) is 5.69 Å². The summed E-state index contributed by atoms with van der Waals surface area (Å²) in [4.78, 5) is 24.4. The van der Waals surface area contributed by atoms with Gasteiger partial charge in [-0.15, -0.1) is 0 Å². The monoisotopic (exact) mass is 431 g/mol. The van der Waals surface area contributed by atoms with Gasteiger partial charge in [0.2, 0.25) is 5.78 Å². The third-order valence-electron chi connectivity index (χ3n) is 5.16. The molecule has 1 N–H and O–H groups in total. The second-order valence-corrected chi connectivity index (χ2v) is 8.35. The van der Waals surface area contributed by atoms with Crippen molar-refractivity contribution in [2.45, 2.75) is 40.3 Å². The lowest BCUT2D eigenvalue weighted by atomic mass is 10.1. The molecular weight excluding hydrogens is 402 g/mol. The molecule has 3 rings (SSSR count). The van der Waals surface area contributed by atoms with Crippen LogP contribution < -0.4 is 4.74 Å². The zero-order valence-electron chi connectivity index (χ0n) is 18.9. The molecule has 5 heteroatoms. The maximum atomic E-state index is 13.0. The van der Waals surface area contributed by atoms with Crippen LogP contribution in [0.3, 0.4) is 0 Å². The van der Waals surface area contributed by atoms with Crippen molar-refractivity contribution in [1.29, 1.82) is 0 Å². The van der Waals surface area contributed by atoms with Crippen molar-refractivity contribution in [2.24, 2.45) is 5.92 Å². The smallest absolute Gasteiger partial charge is 0.345 e. The van der Waals surface area contributed by atoms with Crippen LogP contribution >= 0.6 is 0 Å². The lowest BCUT2D eigenvalue weighted by molar-refractivity contribution is -0.147. The van der Waals surface area contributed by atoms with Crippen LogP contribution in [0.1, 0.15) is 46.6 Å². The highest BCUT2D eigenvalue weighted by molar-refractivity contribution is 6.08. The largest absolute Gasteiger partial charge is 0.478 e. The number of aryl methyl sites for hydroxylation is 2. The number of ether oxygens (including phenoxy) is 1. The van der Waals surface area contributed by atoms with Crippen molar-refractivity contribution in [2.75, 3.05) is 0 Å². The van der Waals surface area contributed by atoms with E-state index in [2.05, 4.69) is 0 Å². The molecule has 0 aliphatic rings. The van der Waals surface area contributed by atoms with Crippen LogP contribution in [0.5, 0.6) is 5.75 Å². The molecule has 1 aromatic heterocycles. The Morgan fingerprint density at radius 3 is 2.41 bits per heavy atom. The Hall–Kier alpha value is -3.60. The lowest BCUT2D eigenvalue weighted by Gasteiger charge is -2.18. The third-order valence-corrected chi connectivity index (χ3v) is 5.16. The van der Waals surface area contributed by atoms with Gasteiger partial charge in [-0.25, -0.2) is 4.79 Å². The third kappa shape index (κ3) is 5.76. The van der Waals surface area contributed by atoms with E-state index in [0.717, 1.165) is 16.7 Å². The standard InChI is InChI=1S/C27H29NO4/c1-18(2)26(27(30)31)32-23-9-5-7-21(16-23)8-6-14-28-17-20(4)15-24(28)25(29)22-12-10-19(3)11-13-22/h5-13,15-18,26H,14H2,1-4H3,(H,30,31)/b8-6+/t26-/m0/s1. The normalized spacial score (nSPS) is 12.3. The Morgan fingerprint density at radius 1 is 1.03 bits per heavy atom. The predicted molar refractivity (Wildman–Crippen MR) is 126 cm³/mol. The highest BCUT2D eigenvalue weighted by Gasteiger charge is 2.23. The molecular formula is C27H29NO4. The Kier molecular flexibility index (Phi) is 7.31. The van der Waals surface area contributed by atoms with Gasteiger partial charge in [-0.2, -0.15) is 0 Å². The minimum Gasteiger partial charge on any atom is -0.478 e. The van der Waals surface area contributed by atoms with E-state index in [1.54, 1.807) is 6.07 Å². The van der Waals surface area contributed by atoms with E-state index >= 15 is 0 Å². The fraction of sp³-hybridized carbons (Fsp3) is 0.259. The Balaban J connectivity index is 1.74. The molecule has 0 amide bonds. The number of carbonyl (C=O) groups is 2. The van der Waals surface area contributed by atoms with Crippen molar-refractivity contribution < 1.29 is 19.4 Å². The van der Waals surface area contributed by atoms with Crippen LogP contribution in [0.15, 0.2) is 66.9 Å². The number of rotatable bonds is 9. The maximum absolute atomic E-state index is 13.0. The average Bonchev–Trinajstić information content (AvgIpc) is 3.12. The molecule has 0 spiro atoms. The Bertz CT molecular complexity index is 1120. The first kappa shape index (κ1) is 23.1. The predicted octanol–water partition coefficient (Wildman–Crippen LogP) is 5.54. The molecule has 0 unspecified atom stereocenters.